The first kappa shape index (κ1) is 26.9. The number of amidine groups is 1. The van der Waals surface area contributed by atoms with Gasteiger partial charge in [0.15, 0.2) is 0 Å². The van der Waals surface area contributed by atoms with Gasteiger partial charge in [-0.3, -0.25) is 9.55 Å². The number of allylic oxidation sites excluding steroid dienone is 2. The second kappa shape index (κ2) is 9.93. The Balaban J connectivity index is 0.000000586. The van der Waals surface area contributed by atoms with E-state index in [0.717, 1.165) is 20.9 Å². The predicted octanol–water partition coefficient (Wildman–Crippen LogP) is 3.86. The molecule has 10 nitrogen and oxygen atoms in total. The van der Waals surface area contributed by atoms with Crippen molar-refractivity contribution in [2.75, 3.05) is 12.0 Å². The number of halogens is 1. The highest BCUT2D eigenvalue weighted by Gasteiger charge is 2.38. The fourth-order valence-electron chi connectivity index (χ4n) is 4.18. The van der Waals surface area contributed by atoms with E-state index in [1.165, 1.54) is 0 Å². The van der Waals surface area contributed by atoms with E-state index in [4.69, 9.17) is 26.9 Å². The molecule has 2 atom stereocenters. The van der Waals surface area contributed by atoms with Gasteiger partial charge in [-0.05, 0) is 49.3 Å². The fourth-order valence-corrected chi connectivity index (χ4v) is 5.49. The minimum absolute atomic E-state index is 0.0438. The van der Waals surface area contributed by atoms with Gasteiger partial charge in [0.1, 0.15) is 11.9 Å². The summed E-state index contributed by atoms with van der Waals surface area (Å²) in [7, 11) is -7.35. The summed E-state index contributed by atoms with van der Waals surface area (Å²) >= 11 is 6.32. The largest absolute Gasteiger partial charge is 0.368 e. The monoisotopic (exact) mass is 563 g/mol. The van der Waals surface area contributed by atoms with Crippen molar-refractivity contribution in [1.29, 1.82) is 0 Å². The first-order valence-corrected chi connectivity index (χ1v) is 14.9. The van der Waals surface area contributed by atoms with Crippen molar-refractivity contribution in [2.45, 2.75) is 31.2 Å². The molecule has 0 saturated heterocycles. The number of aromatic nitrogens is 2. The molecule has 0 bridgehead atoms. The van der Waals surface area contributed by atoms with Gasteiger partial charge in [-0.15, -0.1) is 0 Å². The Hall–Kier alpha value is -3.19. The summed E-state index contributed by atoms with van der Waals surface area (Å²) < 4.78 is 53.0. The zero-order valence-corrected chi connectivity index (χ0v) is 22.6. The number of benzene rings is 2. The van der Waals surface area contributed by atoms with Crippen molar-refractivity contribution in [3.8, 4) is 0 Å². The number of hydrogen-bond acceptors (Lipinski definition) is 8. The quantitative estimate of drug-likeness (QED) is 0.455. The molecular weight excluding hydrogens is 538 g/mol. The maximum Gasteiger partial charge on any atom is 0.261 e. The number of nitrogens with two attached hydrogens (primary N) is 1. The summed E-state index contributed by atoms with van der Waals surface area (Å²) in [4.78, 5) is 11.2. The van der Waals surface area contributed by atoms with Crippen LogP contribution in [0.5, 0.6) is 0 Å². The third kappa shape index (κ3) is 5.57. The second-order valence-electron chi connectivity index (χ2n) is 8.85. The molecule has 3 N–H and O–H groups in total. The summed E-state index contributed by atoms with van der Waals surface area (Å²) in [6.07, 6.45) is 6.28. The number of rotatable bonds is 4. The van der Waals surface area contributed by atoms with E-state index < -0.39 is 25.4 Å². The molecule has 0 radical (unpaired) electrons. The summed E-state index contributed by atoms with van der Waals surface area (Å²) in [6.45, 7) is 3.25. The molecule has 0 amide bonds. The first-order chi connectivity index (χ1) is 17.3. The minimum Gasteiger partial charge on any atom is -0.368 e. The van der Waals surface area contributed by atoms with Crippen molar-refractivity contribution >= 4 is 54.6 Å². The molecule has 0 saturated carbocycles. The van der Waals surface area contributed by atoms with E-state index in [1.807, 2.05) is 65.7 Å². The molecular formula is C24H26ClN5O5S2. The van der Waals surface area contributed by atoms with Gasteiger partial charge in [0.2, 0.25) is 16.0 Å². The van der Waals surface area contributed by atoms with Crippen LogP contribution in [0.25, 0.3) is 11.0 Å². The Labute approximate surface area is 220 Å². The maximum atomic E-state index is 13.0. The molecule has 2 unspecified atom stereocenters. The summed E-state index contributed by atoms with van der Waals surface area (Å²) in [5.41, 5.74) is 8.95. The lowest BCUT2D eigenvalue weighted by Crippen LogP contribution is -2.27. The summed E-state index contributed by atoms with van der Waals surface area (Å²) in [5, 5.41) is -0.0428. The normalized spacial score (nSPS) is 19.4. The van der Waals surface area contributed by atoms with Gasteiger partial charge < -0.3 is 10.6 Å². The van der Waals surface area contributed by atoms with Crippen LogP contribution in [-0.2, 0) is 20.1 Å². The zero-order valence-electron chi connectivity index (χ0n) is 20.2. The fraction of sp³-hybridized carbons (Fsp3) is 0.250. The van der Waals surface area contributed by atoms with Gasteiger partial charge in [0, 0.05) is 6.20 Å². The Kier molecular flexibility index (Phi) is 7.21. The van der Waals surface area contributed by atoms with Crippen LogP contribution >= 0.6 is 11.6 Å². The number of nitrogens with zero attached hydrogens (tertiary/aromatic N) is 4. The van der Waals surface area contributed by atoms with Crippen LogP contribution in [0.4, 0.5) is 5.95 Å². The van der Waals surface area contributed by atoms with Crippen molar-refractivity contribution in [1.82, 2.24) is 13.9 Å². The third-order valence-corrected chi connectivity index (χ3v) is 8.09. The molecule has 3 aromatic rings. The first-order valence-electron chi connectivity index (χ1n) is 11.2. The average Bonchev–Trinajstić information content (AvgIpc) is 3.34. The molecule has 2 aliphatic rings. The van der Waals surface area contributed by atoms with E-state index in [0.29, 0.717) is 22.3 Å². The van der Waals surface area contributed by atoms with Gasteiger partial charge in [-0.1, -0.05) is 48.0 Å². The Bertz CT molecular complexity index is 1640. The molecule has 1 aromatic heterocycles. The van der Waals surface area contributed by atoms with Crippen LogP contribution in [0.15, 0.2) is 76.9 Å². The average molecular weight is 564 g/mol. The second-order valence-corrected chi connectivity index (χ2v) is 13.1. The lowest BCUT2D eigenvalue weighted by molar-refractivity contribution is 0.395. The molecule has 0 spiro atoms. The van der Waals surface area contributed by atoms with Crippen LogP contribution in [0.3, 0.4) is 0 Å². The van der Waals surface area contributed by atoms with Gasteiger partial charge in [-0.25, -0.2) is 17.4 Å². The molecule has 0 fully saturated rings. The van der Waals surface area contributed by atoms with Crippen LogP contribution in [0, 0.1) is 0 Å². The maximum absolute atomic E-state index is 13.0. The van der Waals surface area contributed by atoms with Crippen molar-refractivity contribution in [3.05, 3.63) is 83.0 Å². The number of aliphatic imine (C=N–C) groups is 1. The van der Waals surface area contributed by atoms with E-state index in [2.05, 4.69) is 4.98 Å². The highest BCUT2D eigenvalue weighted by Crippen LogP contribution is 2.44. The summed E-state index contributed by atoms with van der Waals surface area (Å²) in [5.74, 6) is 0.758. The number of hydrogen-bond donors (Lipinski definition) is 2. The van der Waals surface area contributed by atoms with E-state index in [-0.39, 0.29) is 18.0 Å². The molecule has 3 heterocycles. The molecule has 2 aliphatic heterocycles. The standard InChI is InChI=1S/C23H22ClN5O2S.CH4O3S/c1-14(2)32(30,31)29-19-12-16(8-10-18(19)26-23(29)25)22-21(15-6-4-3-5-7-15)27-20-11-9-17(24)13-28(20)22;1-5(2,3)4/h3-14,21-22H,1-2H3,(H2,25,26);1H3,(H,2,3,4). The van der Waals surface area contributed by atoms with E-state index in [1.54, 1.807) is 19.9 Å². The van der Waals surface area contributed by atoms with Crippen molar-refractivity contribution < 1.29 is 21.4 Å². The smallest absolute Gasteiger partial charge is 0.261 e. The molecule has 37 heavy (non-hydrogen) atoms. The predicted molar refractivity (Wildman–Crippen MR) is 145 cm³/mol. The van der Waals surface area contributed by atoms with Gasteiger partial charge in [-0.2, -0.15) is 8.42 Å². The lowest BCUT2D eigenvalue weighted by atomic mass is 9.93. The zero-order chi connectivity index (χ0) is 27.1. The van der Waals surface area contributed by atoms with Crippen molar-refractivity contribution in [2.24, 2.45) is 4.99 Å². The Morgan fingerprint density at radius 2 is 1.68 bits per heavy atom. The Morgan fingerprint density at radius 3 is 2.30 bits per heavy atom. The van der Waals surface area contributed by atoms with Gasteiger partial charge >= 0.3 is 0 Å². The van der Waals surface area contributed by atoms with E-state index >= 15 is 0 Å². The van der Waals surface area contributed by atoms with E-state index in [9.17, 15) is 16.8 Å². The lowest BCUT2D eigenvalue weighted by Gasteiger charge is -2.29. The molecule has 0 aliphatic carbocycles. The topological polar surface area (TPSA) is 148 Å². The highest BCUT2D eigenvalue weighted by atomic mass is 35.5. The van der Waals surface area contributed by atoms with Gasteiger partial charge in [0.05, 0.1) is 33.6 Å². The number of fused-ring (bicyclic) bond motifs is 2. The summed E-state index contributed by atoms with van der Waals surface area (Å²) in [6, 6.07) is 15.2. The SMILES string of the molecule is CC(C)S(=O)(=O)n1c(N)nc2ccc(C3C(c4ccccc4)N=C4C=CC(Cl)=CN43)cc21.CS(=O)(=O)O. The third-order valence-electron chi connectivity index (χ3n) is 5.78. The Morgan fingerprint density at radius 1 is 1.03 bits per heavy atom. The van der Waals surface area contributed by atoms with Crippen LogP contribution < -0.4 is 5.73 Å². The number of imidazole rings is 1. The molecule has 196 valence electrons. The molecule has 2 aromatic carbocycles. The number of anilines is 1. The molecule has 5 rings (SSSR count). The van der Waals surface area contributed by atoms with Crippen LogP contribution in [-0.4, -0.2) is 52.6 Å². The highest BCUT2D eigenvalue weighted by molar-refractivity contribution is 7.90. The van der Waals surface area contributed by atoms with Crippen LogP contribution in [0.1, 0.15) is 37.1 Å². The minimum atomic E-state index is -3.69. The van der Waals surface area contributed by atoms with Crippen LogP contribution in [0.2, 0.25) is 0 Å². The number of nitrogen functional groups attached to an aromatic ring is 1. The van der Waals surface area contributed by atoms with Gasteiger partial charge in [0.25, 0.3) is 10.1 Å². The molecule has 13 heteroatoms. The van der Waals surface area contributed by atoms with Crippen molar-refractivity contribution in [3.63, 3.8) is 0 Å².